The Labute approximate surface area is 106 Å². The van der Waals surface area contributed by atoms with Gasteiger partial charge in [-0.1, -0.05) is 6.07 Å². The third-order valence-electron chi connectivity index (χ3n) is 2.37. The number of carbonyl (C=O) groups excluding carboxylic acids is 2. The van der Waals surface area contributed by atoms with Crippen LogP contribution in [0.3, 0.4) is 0 Å². The topological polar surface area (TPSA) is 81.4 Å². The van der Waals surface area contributed by atoms with Gasteiger partial charge in [0.05, 0.1) is 18.6 Å². The highest BCUT2D eigenvalue weighted by Crippen LogP contribution is 2.13. The number of aryl methyl sites for hydroxylation is 1. The number of benzene rings is 1. The molecule has 98 valence electrons. The normalized spacial score (nSPS) is 9.89. The molecule has 18 heavy (non-hydrogen) atoms. The SMILES string of the molecule is CCOC(=O)CCNC(=O)c1ccc(C)cc1N. The van der Waals surface area contributed by atoms with Gasteiger partial charge >= 0.3 is 5.97 Å². The number of ether oxygens (including phenoxy) is 1. The van der Waals surface area contributed by atoms with Crippen LogP contribution in [0.25, 0.3) is 0 Å². The van der Waals surface area contributed by atoms with E-state index in [-0.39, 0.29) is 24.8 Å². The fraction of sp³-hybridized carbons (Fsp3) is 0.385. The number of rotatable bonds is 5. The molecule has 3 N–H and O–H groups in total. The van der Waals surface area contributed by atoms with Crippen molar-refractivity contribution in [3.8, 4) is 0 Å². The van der Waals surface area contributed by atoms with Gasteiger partial charge in [-0.15, -0.1) is 0 Å². The molecule has 0 unspecified atom stereocenters. The number of nitrogens with two attached hydrogens (primary N) is 1. The van der Waals surface area contributed by atoms with Gasteiger partial charge in [0.1, 0.15) is 0 Å². The molecule has 1 aromatic carbocycles. The number of nitrogen functional groups attached to an aromatic ring is 1. The maximum atomic E-state index is 11.8. The second-order valence-corrected chi connectivity index (χ2v) is 3.90. The molecule has 5 heteroatoms. The van der Waals surface area contributed by atoms with Gasteiger partial charge in [0, 0.05) is 12.2 Å². The Bertz CT molecular complexity index is 444. The third kappa shape index (κ3) is 4.08. The predicted octanol–water partition coefficient (Wildman–Crippen LogP) is 1.26. The van der Waals surface area contributed by atoms with Gasteiger partial charge in [0.15, 0.2) is 0 Å². The number of hydrogen-bond donors (Lipinski definition) is 2. The second-order valence-electron chi connectivity index (χ2n) is 3.90. The average Bonchev–Trinajstić information content (AvgIpc) is 2.29. The standard InChI is InChI=1S/C13H18N2O3/c1-3-18-12(16)6-7-15-13(17)10-5-4-9(2)8-11(10)14/h4-5,8H,3,6-7,14H2,1-2H3,(H,15,17). The van der Waals surface area contributed by atoms with Gasteiger partial charge < -0.3 is 15.8 Å². The summed E-state index contributed by atoms with van der Waals surface area (Å²) < 4.78 is 4.75. The van der Waals surface area contributed by atoms with Crippen LogP contribution in [0.5, 0.6) is 0 Å². The Morgan fingerprint density at radius 1 is 1.39 bits per heavy atom. The molecular weight excluding hydrogens is 232 g/mol. The summed E-state index contributed by atoms with van der Waals surface area (Å²) in [4.78, 5) is 22.8. The summed E-state index contributed by atoms with van der Waals surface area (Å²) in [7, 11) is 0. The van der Waals surface area contributed by atoms with Crippen molar-refractivity contribution in [2.24, 2.45) is 0 Å². The summed E-state index contributed by atoms with van der Waals surface area (Å²) in [5.74, 6) is -0.605. The lowest BCUT2D eigenvalue weighted by atomic mass is 10.1. The van der Waals surface area contributed by atoms with Crippen LogP contribution >= 0.6 is 0 Å². The lowest BCUT2D eigenvalue weighted by molar-refractivity contribution is -0.142. The van der Waals surface area contributed by atoms with Crippen LogP contribution in [0.15, 0.2) is 18.2 Å². The van der Waals surface area contributed by atoms with E-state index in [1.807, 2.05) is 13.0 Å². The lowest BCUT2D eigenvalue weighted by Gasteiger charge is -2.08. The van der Waals surface area contributed by atoms with Crippen molar-refractivity contribution < 1.29 is 14.3 Å². The van der Waals surface area contributed by atoms with Crippen molar-refractivity contribution in [1.82, 2.24) is 5.32 Å². The predicted molar refractivity (Wildman–Crippen MR) is 69.2 cm³/mol. The Balaban J connectivity index is 2.48. The maximum Gasteiger partial charge on any atom is 0.307 e. The van der Waals surface area contributed by atoms with E-state index in [0.29, 0.717) is 17.9 Å². The Kier molecular flexibility index (Phi) is 5.17. The Hall–Kier alpha value is -2.04. The second kappa shape index (κ2) is 6.64. The van der Waals surface area contributed by atoms with E-state index in [9.17, 15) is 9.59 Å². The number of nitrogens with one attached hydrogen (secondary N) is 1. The highest BCUT2D eigenvalue weighted by atomic mass is 16.5. The minimum atomic E-state index is -0.324. The highest BCUT2D eigenvalue weighted by molar-refractivity contribution is 5.99. The molecule has 1 rings (SSSR count). The summed E-state index contributed by atoms with van der Waals surface area (Å²) in [5.41, 5.74) is 7.60. The number of anilines is 1. The molecule has 0 atom stereocenters. The van der Waals surface area contributed by atoms with Gasteiger partial charge in [-0.2, -0.15) is 0 Å². The van der Waals surface area contributed by atoms with Crippen LogP contribution in [-0.4, -0.2) is 25.0 Å². The molecule has 0 aliphatic carbocycles. The van der Waals surface area contributed by atoms with E-state index in [4.69, 9.17) is 10.5 Å². The minimum Gasteiger partial charge on any atom is -0.466 e. The molecule has 0 heterocycles. The number of carbonyl (C=O) groups is 2. The fourth-order valence-electron chi connectivity index (χ4n) is 1.50. The van der Waals surface area contributed by atoms with Crippen molar-refractivity contribution >= 4 is 17.6 Å². The van der Waals surface area contributed by atoms with Crippen LogP contribution in [0.2, 0.25) is 0 Å². The first kappa shape index (κ1) is 14.0. The number of amides is 1. The molecule has 1 amide bonds. The number of esters is 1. The van der Waals surface area contributed by atoms with E-state index in [1.54, 1.807) is 19.1 Å². The minimum absolute atomic E-state index is 0.158. The Morgan fingerprint density at radius 2 is 2.11 bits per heavy atom. The van der Waals surface area contributed by atoms with Gasteiger partial charge in [0.2, 0.25) is 0 Å². The van der Waals surface area contributed by atoms with Crippen LogP contribution in [0.4, 0.5) is 5.69 Å². The monoisotopic (exact) mass is 250 g/mol. The molecule has 0 aliphatic rings. The summed E-state index contributed by atoms with van der Waals surface area (Å²) in [6, 6.07) is 5.22. The van der Waals surface area contributed by atoms with E-state index < -0.39 is 0 Å². The molecular formula is C13H18N2O3. The first-order chi connectivity index (χ1) is 8.54. The molecule has 0 saturated heterocycles. The fourth-order valence-corrected chi connectivity index (χ4v) is 1.50. The highest BCUT2D eigenvalue weighted by Gasteiger charge is 2.10. The van der Waals surface area contributed by atoms with Crippen LogP contribution in [0.1, 0.15) is 29.3 Å². The van der Waals surface area contributed by atoms with E-state index >= 15 is 0 Å². The smallest absolute Gasteiger partial charge is 0.307 e. The van der Waals surface area contributed by atoms with Crippen molar-refractivity contribution in [3.05, 3.63) is 29.3 Å². The molecule has 0 radical (unpaired) electrons. The lowest BCUT2D eigenvalue weighted by Crippen LogP contribution is -2.27. The molecule has 1 aromatic rings. The van der Waals surface area contributed by atoms with Gasteiger partial charge in [-0.05, 0) is 31.5 Å². The molecule has 0 fully saturated rings. The van der Waals surface area contributed by atoms with Gasteiger partial charge in [-0.3, -0.25) is 9.59 Å². The van der Waals surface area contributed by atoms with Crippen molar-refractivity contribution in [1.29, 1.82) is 0 Å². The van der Waals surface area contributed by atoms with E-state index in [0.717, 1.165) is 5.56 Å². The third-order valence-corrected chi connectivity index (χ3v) is 2.37. The van der Waals surface area contributed by atoms with Gasteiger partial charge in [-0.25, -0.2) is 0 Å². The zero-order chi connectivity index (χ0) is 13.5. The van der Waals surface area contributed by atoms with Crippen molar-refractivity contribution in [2.45, 2.75) is 20.3 Å². The summed E-state index contributed by atoms with van der Waals surface area (Å²) in [5, 5.41) is 2.63. The average molecular weight is 250 g/mol. The quantitative estimate of drug-likeness (QED) is 0.609. The molecule has 0 aromatic heterocycles. The largest absolute Gasteiger partial charge is 0.466 e. The number of hydrogen-bond acceptors (Lipinski definition) is 4. The summed E-state index contributed by atoms with van der Waals surface area (Å²) in [6.07, 6.45) is 0.158. The maximum absolute atomic E-state index is 11.8. The van der Waals surface area contributed by atoms with Crippen LogP contribution in [0, 0.1) is 6.92 Å². The molecule has 0 bridgehead atoms. The van der Waals surface area contributed by atoms with E-state index in [1.165, 1.54) is 0 Å². The first-order valence-corrected chi connectivity index (χ1v) is 5.84. The zero-order valence-corrected chi connectivity index (χ0v) is 10.7. The van der Waals surface area contributed by atoms with Crippen molar-refractivity contribution in [3.63, 3.8) is 0 Å². The molecule has 0 saturated carbocycles. The van der Waals surface area contributed by atoms with Gasteiger partial charge in [0.25, 0.3) is 5.91 Å². The Morgan fingerprint density at radius 3 is 2.72 bits per heavy atom. The first-order valence-electron chi connectivity index (χ1n) is 5.84. The van der Waals surface area contributed by atoms with Crippen LogP contribution < -0.4 is 11.1 Å². The van der Waals surface area contributed by atoms with E-state index in [2.05, 4.69) is 5.32 Å². The van der Waals surface area contributed by atoms with Crippen LogP contribution in [-0.2, 0) is 9.53 Å². The molecule has 0 aliphatic heterocycles. The molecule has 0 spiro atoms. The van der Waals surface area contributed by atoms with Crippen molar-refractivity contribution in [2.75, 3.05) is 18.9 Å². The zero-order valence-electron chi connectivity index (χ0n) is 10.7. The summed E-state index contributed by atoms with van der Waals surface area (Å²) in [6.45, 7) is 4.23. The summed E-state index contributed by atoms with van der Waals surface area (Å²) >= 11 is 0. The molecule has 5 nitrogen and oxygen atoms in total.